The summed E-state index contributed by atoms with van der Waals surface area (Å²) in [7, 11) is 0. The zero-order valence-electron chi connectivity index (χ0n) is 16.4. The van der Waals surface area contributed by atoms with Gasteiger partial charge >= 0.3 is 0 Å². The topological polar surface area (TPSA) is 90.0 Å². The van der Waals surface area contributed by atoms with Crippen LogP contribution < -0.4 is 11.1 Å². The van der Waals surface area contributed by atoms with E-state index in [2.05, 4.69) is 10.4 Å². The number of amides is 2. The summed E-state index contributed by atoms with van der Waals surface area (Å²) in [5.41, 5.74) is 8.91. The average molecular weight is 439 g/mol. The predicted octanol–water partition coefficient (Wildman–Crippen LogP) is 4.77. The summed E-state index contributed by atoms with van der Waals surface area (Å²) in [4.78, 5) is 25.7. The Hall–Kier alpha value is -3.16. The van der Waals surface area contributed by atoms with E-state index in [-0.39, 0.29) is 5.91 Å². The van der Waals surface area contributed by atoms with Crippen molar-refractivity contribution in [1.29, 1.82) is 0 Å². The van der Waals surface area contributed by atoms with Gasteiger partial charge in [0.25, 0.3) is 5.91 Å². The van der Waals surface area contributed by atoms with Gasteiger partial charge in [0, 0.05) is 21.7 Å². The van der Waals surface area contributed by atoms with Crippen LogP contribution in [0.1, 0.15) is 36.9 Å². The van der Waals surface area contributed by atoms with Gasteiger partial charge in [-0.3, -0.25) is 14.3 Å². The van der Waals surface area contributed by atoms with E-state index in [9.17, 15) is 9.59 Å². The lowest BCUT2D eigenvalue weighted by Gasteiger charge is -2.07. The molecule has 30 heavy (non-hydrogen) atoms. The van der Waals surface area contributed by atoms with E-state index in [1.807, 2.05) is 41.9 Å². The lowest BCUT2D eigenvalue weighted by Crippen LogP contribution is -2.14. The number of carbonyl (C=O) groups excluding carboxylic acids is 2. The number of primary amides is 1. The van der Waals surface area contributed by atoms with Crippen LogP contribution in [0.25, 0.3) is 10.2 Å². The molecule has 0 radical (unpaired) electrons. The first-order chi connectivity index (χ1) is 14.3. The third-order valence-electron chi connectivity index (χ3n) is 4.86. The SMILES string of the molecule is Cc1cc(NC(=O)c2cc3c(C)nn(Cc4ccccc4Cl)c3s2)ccc1C(N)=O. The molecule has 2 aromatic heterocycles. The Labute approximate surface area is 182 Å². The van der Waals surface area contributed by atoms with Crippen molar-refractivity contribution in [1.82, 2.24) is 9.78 Å². The number of aryl methyl sites for hydroxylation is 2. The van der Waals surface area contributed by atoms with Crippen LogP contribution in [0, 0.1) is 13.8 Å². The van der Waals surface area contributed by atoms with Gasteiger partial charge in [0.1, 0.15) is 4.83 Å². The molecule has 6 nitrogen and oxygen atoms in total. The molecule has 0 spiro atoms. The first-order valence-electron chi connectivity index (χ1n) is 9.25. The van der Waals surface area contributed by atoms with Gasteiger partial charge in [0.05, 0.1) is 17.1 Å². The number of hydrogen-bond acceptors (Lipinski definition) is 4. The summed E-state index contributed by atoms with van der Waals surface area (Å²) >= 11 is 7.67. The molecule has 2 amide bonds. The van der Waals surface area contributed by atoms with E-state index in [4.69, 9.17) is 17.3 Å². The smallest absolute Gasteiger partial charge is 0.265 e. The van der Waals surface area contributed by atoms with E-state index in [0.29, 0.717) is 33.3 Å². The first-order valence-corrected chi connectivity index (χ1v) is 10.4. The summed E-state index contributed by atoms with van der Waals surface area (Å²) in [5.74, 6) is -0.709. The highest BCUT2D eigenvalue weighted by atomic mass is 35.5. The Bertz CT molecular complexity index is 1290. The normalized spacial score (nSPS) is 11.0. The van der Waals surface area contributed by atoms with Crippen molar-refractivity contribution in [3.05, 3.63) is 80.8 Å². The quantitative estimate of drug-likeness (QED) is 0.470. The van der Waals surface area contributed by atoms with Crippen LogP contribution in [0.2, 0.25) is 5.02 Å². The van der Waals surface area contributed by atoms with Crippen LogP contribution in [0.5, 0.6) is 0 Å². The third kappa shape index (κ3) is 3.81. The van der Waals surface area contributed by atoms with Crippen LogP contribution in [-0.2, 0) is 6.54 Å². The summed E-state index contributed by atoms with van der Waals surface area (Å²) in [6.45, 7) is 4.23. The molecule has 0 saturated heterocycles. The van der Waals surface area contributed by atoms with Crippen molar-refractivity contribution >= 4 is 50.7 Å². The lowest BCUT2D eigenvalue weighted by atomic mass is 10.1. The van der Waals surface area contributed by atoms with Crippen molar-refractivity contribution in [2.75, 3.05) is 5.32 Å². The Morgan fingerprint density at radius 1 is 1.17 bits per heavy atom. The minimum atomic E-state index is -0.492. The number of thiophene rings is 1. The first kappa shape index (κ1) is 20.1. The molecule has 0 bridgehead atoms. The molecule has 0 fully saturated rings. The van der Waals surface area contributed by atoms with E-state index in [1.54, 1.807) is 25.1 Å². The fourth-order valence-electron chi connectivity index (χ4n) is 3.33. The third-order valence-corrected chi connectivity index (χ3v) is 6.37. The second-order valence-corrected chi connectivity index (χ2v) is 8.45. The highest BCUT2D eigenvalue weighted by Crippen LogP contribution is 2.30. The maximum atomic E-state index is 12.8. The summed E-state index contributed by atoms with van der Waals surface area (Å²) in [6.07, 6.45) is 0. The molecule has 4 aromatic rings. The molecule has 3 N–H and O–H groups in total. The molecular formula is C22H19ClN4O2S. The molecule has 4 rings (SSSR count). The maximum Gasteiger partial charge on any atom is 0.265 e. The van der Waals surface area contributed by atoms with Crippen LogP contribution in [0.4, 0.5) is 5.69 Å². The van der Waals surface area contributed by atoms with Gasteiger partial charge in [0.15, 0.2) is 0 Å². The summed E-state index contributed by atoms with van der Waals surface area (Å²) in [5, 5.41) is 9.11. The molecule has 0 saturated carbocycles. The van der Waals surface area contributed by atoms with Crippen LogP contribution in [0.15, 0.2) is 48.5 Å². The van der Waals surface area contributed by atoms with Gasteiger partial charge in [0.2, 0.25) is 5.91 Å². The van der Waals surface area contributed by atoms with Crippen molar-refractivity contribution in [2.45, 2.75) is 20.4 Å². The van der Waals surface area contributed by atoms with Gasteiger partial charge in [-0.25, -0.2) is 0 Å². The summed E-state index contributed by atoms with van der Waals surface area (Å²) in [6, 6.07) is 14.5. The van der Waals surface area contributed by atoms with E-state index in [0.717, 1.165) is 21.5 Å². The number of benzene rings is 2. The van der Waals surface area contributed by atoms with Gasteiger partial charge in [-0.05, 0) is 55.3 Å². The number of fused-ring (bicyclic) bond motifs is 1. The molecule has 0 unspecified atom stereocenters. The lowest BCUT2D eigenvalue weighted by molar-refractivity contribution is 0.0998. The molecule has 2 heterocycles. The van der Waals surface area contributed by atoms with Gasteiger partial charge in [-0.1, -0.05) is 29.8 Å². The molecule has 8 heteroatoms. The number of aromatic nitrogens is 2. The van der Waals surface area contributed by atoms with Gasteiger partial charge in [-0.15, -0.1) is 11.3 Å². The number of nitrogens with one attached hydrogen (secondary N) is 1. The molecule has 0 aliphatic heterocycles. The Morgan fingerprint density at radius 3 is 2.63 bits per heavy atom. The van der Waals surface area contributed by atoms with Crippen molar-refractivity contribution in [2.24, 2.45) is 5.73 Å². The molecule has 0 aliphatic rings. The Kier molecular flexibility index (Phi) is 5.32. The molecule has 2 aromatic carbocycles. The second-order valence-electron chi connectivity index (χ2n) is 7.01. The zero-order chi connectivity index (χ0) is 21.4. The number of anilines is 1. The van der Waals surface area contributed by atoms with Crippen molar-refractivity contribution in [3.8, 4) is 0 Å². The average Bonchev–Trinajstić information content (AvgIpc) is 3.25. The second kappa shape index (κ2) is 7.93. The summed E-state index contributed by atoms with van der Waals surface area (Å²) < 4.78 is 1.87. The molecule has 0 aliphatic carbocycles. The number of nitrogens with zero attached hydrogens (tertiary/aromatic N) is 2. The molecule has 0 atom stereocenters. The fourth-order valence-corrected chi connectivity index (χ4v) is 4.58. The highest BCUT2D eigenvalue weighted by Gasteiger charge is 2.17. The van der Waals surface area contributed by atoms with E-state index >= 15 is 0 Å². The van der Waals surface area contributed by atoms with Crippen LogP contribution in [0.3, 0.4) is 0 Å². The number of nitrogens with two attached hydrogens (primary N) is 1. The minimum Gasteiger partial charge on any atom is -0.366 e. The highest BCUT2D eigenvalue weighted by molar-refractivity contribution is 7.20. The van der Waals surface area contributed by atoms with Crippen molar-refractivity contribution in [3.63, 3.8) is 0 Å². The number of rotatable bonds is 5. The standard InChI is InChI=1S/C22H19ClN4O2S/c1-12-9-15(7-8-16(12)20(24)28)25-21(29)19-10-17-13(2)26-27(22(17)30-19)11-14-5-3-4-6-18(14)23/h3-10H,11H2,1-2H3,(H2,24,28)(H,25,29). The minimum absolute atomic E-state index is 0.217. The zero-order valence-corrected chi connectivity index (χ0v) is 18.0. The monoisotopic (exact) mass is 438 g/mol. The largest absolute Gasteiger partial charge is 0.366 e. The number of halogens is 1. The van der Waals surface area contributed by atoms with Crippen LogP contribution in [-0.4, -0.2) is 21.6 Å². The van der Waals surface area contributed by atoms with Gasteiger partial charge in [-0.2, -0.15) is 5.10 Å². The van der Waals surface area contributed by atoms with Gasteiger partial charge < -0.3 is 11.1 Å². The van der Waals surface area contributed by atoms with E-state index in [1.165, 1.54) is 11.3 Å². The predicted molar refractivity (Wildman–Crippen MR) is 121 cm³/mol. The van der Waals surface area contributed by atoms with Crippen LogP contribution >= 0.6 is 22.9 Å². The molecular weight excluding hydrogens is 420 g/mol. The fraction of sp³-hybridized carbons (Fsp3) is 0.136. The number of carbonyl (C=O) groups is 2. The Balaban J connectivity index is 1.61. The Morgan fingerprint density at radius 2 is 1.93 bits per heavy atom. The molecule has 152 valence electrons. The van der Waals surface area contributed by atoms with E-state index < -0.39 is 5.91 Å². The number of hydrogen-bond donors (Lipinski definition) is 2. The van der Waals surface area contributed by atoms with Crippen molar-refractivity contribution < 1.29 is 9.59 Å². The maximum absolute atomic E-state index is 12.8.